The highest BCUT2D eigenvalue weighted by molar-refractivity contribution is 5.42. The molecule has 4 heteroatoms. The molecule has 2 bridgehead atoms. The summed E-state index contributed by atoms with van der Waals surface area (Å²) in [4.78, 5) is 6.92. The number of hydrogen-bond donors (Lipinski definition) is 2. The number of hydrogen-bond acceptors (Lipinski definition) is 4. The number of nitrogens with zero attached hydrogens (tertiary/aromatic N) is 2. The molecule has 1 unspecified atom stereocenters. The fourth-order valence-corrected chi connectivity index (χ4v) is 3.86. The normalized spacial score (nSPS) is 36.1. The molecule has 0 aromatic carbocycles. The number of piperidine rings is 3. The lowest BCUT2D eigenvalue weighted by Gasteiger charge is -2.52. The van der Waals surface area contributed by atoms with Crippen molar-refractivity contribution in [3.63, 3.8) is 0 Å². The predicted molar refractivity (Wildman–Crippen MR) is 75.6 cm³/mol. The highest BCUT2D eigenvalue weighted by Crippen LogP contribution is 2.41. The van der Waals surface area contributed by atoms with Crippen molar-refractivity contribution in [3.05, 3.63) is 36.3 Å². The third-order valence-corrected chi connectivity index (χ3v) is 4.86. The van der Waals surface area contributed by atoms with Crippen molar-refractivity contribution in [2.24, 2.45) is 5.92 Å². The van der Waals surface area contributed by atoms with Gasteiger partial charge in [-0.1, -0.05) is 6.07 Å². The molecule has 5 heterocycles. The molecule has 4 aliphatic heterocycles. The van der Waals surface area contributed by atoms with E-state index in [1.54, 1.807) is 0 Å². The molecule has 5 rings (SSSR count). The van der Waals surface area contributed by atoms with Crippen LogP contribution >= 0.6 is 0 Å². The largest absolute Gasteiger partial charge is 0.365 e. The maximum absolute atomic E-state index is 4.32. The molecule has 1 spiro atoms. The van der Waals surface area contributed by atoms with E-state index < -0.39 is 0 Å². The van der Waals surface area contributed by atoms with Crippen LogP contribution in [-0.4, -0.2) is 35.1 Å². The monoisotopic (exact) mass is 256 g/mol. The summed E-state index contributed by atoms with van der Waals surface area (Å²) in [6, 6.07) is 5.95. The minimum atomic E-state index is 0.285. The summed E-state index contributed by atoms with van der Waals surface area (Å²) in [7, 11) is 0. The lowest BCUT2D eigenvalue weighted by Crippen LogP contribution is -2.64. The first-order valence-electron chi connectivity index (χ1n) is 7.23. The van der Waals surface area contributed by atoms with Crippen molar-refractivity contribution in [2.75, 3.05) is 25.0 Å². The first-order chi connectivity index (χ1) is 9.34. The molecule has 0 saturated carbocycles. The van der Waals surface area contributed by atoms with Gasteiger partial charge in [-0.3, -0.25) is 0 Å². The van der Waals surface area contributed by atoms with Crippen LogP contribution in [0.4, 0.5) is 5.82 Å². The number of fused-ring (bicyclic) bond motifs is 2. The summed E-state index contributed by atoms with van der Waals surface area (Å²) >= 11 is 0. The molecule has 2 N–H and O–H groups in total. The van der Waals surface area contributed by atoms with Crippen molar-refractivity contribution >= 4 is 5.82 Å². The van der Waals surface area contributed by atoms with Crippen LogP contribution in [0.3, 0.4) is 0 Å². The fourth-order valence-electron chi connectivity index (χ4n) is 3.86. The average Bonchev–Trinajstić information content (AvgIpc) is 2.84. The molecule has 1 aromatic heterocycles. The first-order valence-corrected chi connectivity index (χ1v) is 7.23. The molecular weight excluding hydrogens is 236 g/mol. The topological polar surface area (TPSA) is 40.2 Å². The van der Waals surface area contributed by atoms with Crippen LogP contribution in [0, 0.1) is 5.92 Å². The molecule has 100 valence electrons. The van der Waals surface area contributed by atoms with Gasteiger partial charge in [0.05, 0.1) is 5.54 Å². The van der Waals surface area contributed by atoms with E-state index in [1.165, 1.54) is 32.5 Å². The molecule has 4 aliphatic rings. The molecule has 0 aliphatic carbocycles. The second kappa shape index (κ2) is 4.23. The first kappa shape index (κ1) is 11.3. The van der Waals surface area contributed by atoms with E-state index >= 15 is 0 Å². The van der Waals surface area contributed by atoms with Crippen molar-refractivity contribution in [2.45, 2.75) is 24.8 Å². The zero-order chi connectivity index (χ0) is 12.7. The van der Waals surface area contributed by atoms with Crippen molar-refractivity contribution < 1.29 is 0 Å². The van der Waals surface area contributed by atoms with Crippen molar-refractivity contribution in [3.8, 4) is 0 Å². The van der Waals surface area contributed by atoms with Crippen LogP contribution in [-0.2, 0) is 0 Å². The second-order valence-corrected chi connectivity index (χ2v) is 5.99. The van der Waals surface area contributed by atoms with E-state index in [2.05, 4.69) is 26.6 Å². The Bertz CT molecular complexity index is 490. The second-order valence-electron chi connectivity index (χ2n) is 5.99. The van der Waals surface area contributed by atoms with Gasteiger partial charge in [-0.15, -0.1) is 0 Å². The van der Waals surface area contributed by atoms with E-state index in [0.29, 0.717) is 0 Å². The molecule has 19 heavy (non-hydrogen) atoms. The fraction of sp³-hybridized carbons (Fsp3) is 0.533. The molecule has 3 saturated heterocycles. The Hall–Kier alpha value is -1.55. The van der Waals surface area contributed by atoms with Gasteiger partial charge in [0.2, 0.25) is 0 Å². The lowest BCUT2D eigenvalue weighted by atomic mass is 9.72. The van der Waals surface area contributed by atoms with E-state index in [-0.39, 0.29) is 5.54 Å². The Morgan fingerprint density at radius 2 is 2.21 bits per heavy atom. The summed E-state index contributed by atoms with van der Waals surface area (Å²) in [6.45, 7) is 3.77. The highest BCUT2D eigenvalue weighted by atomic mass is 15.3. The Morgan fingerprint density at radius 1 is 1.32 bits per heavy atom. The van der Waals surface area contributed by atoms with Crippen LogP contribution < -0.4 is 10.6 Å². The van der Waals surface area contributed by atoms with Crippen LogP contribution in [0.2, 0.25) is 0 Å². The van der Waals surface area contributed by atoms with Crippen molar-refractivity contribution in [1.82, 2.24) is 15.2 Å². The van der Waals surface area contributed by atoms with Gasteiger partial charge in [0.25, 0.3) is 0 Å². The minimum Gasteiger partial charge on any atom is -0.365 e. The third kappa shape index (κ3) is 1.91. The third-order valence-electron chi connectivity index (χ3n) is 4.86. The standard InChI is InChI=1S/C15H20N4/c1-2-8-16-13(3-1)17-14-4-7-15(18-14)11-19-9-5-12(15)6-10-19/h1-4,8,12,18H,5-7,9-11H2,(H,16,17). The minimum absolute atomic E-state index is 0.285. The van der Waals surface area contributed by atoms with Gasteiger partial charge in [-0.2, -0.15) is 0 Å². The van der Waals surface area contributed by atoms with Gasteiger partial charge in [0.1, 0.15) is 11.6 Å². The Labute approximate surface area is 113 Å². The maximum Gasteiger partial charge on any atom is 0.131 e. The zero-order valence-electron chi connectivity index (χ0n) is 11.1. The van der Waals surface area contributed by atoms with E-state index in [1.807, 2.05) is 24.4 Å². The van der Waals surface area contributed by atoms with Gasteiger partial charge >= 0.3 is 0 Å². The highest BCUT2D eigenvalue weighted by Gasteiger charge is 2.48. The average molecular weight is 256 g/mol. The van der Waals surface area contributed by atoms with Gasteiger partial charge in [0, 0.05) is 12.7 Å². The summed E-state index contributed by atoms with van der Waals surface area (Å²) < 4.78 is 0. The maximum atomic E-state index is 4.32. The molecule has 1 atom stereocenters. The summed E-state index contributed by atoms with van der Waals surface area (Å²) in [5, 5.41) is 7.15. The summed E-state index contributed by atoms with van der Waals surface area (Å²) in [6.07, 6.45) is 7.96. The van der Waals surface area contributed by atoms with Gasteiger partial charge in [-0.05, 0) is 56.5 Å². The van der Waals surface area contributed by atoms with Crippen LogP contribution in [0.1, 0.15) is 19.3 Å². The number of rotatable bonds is 2. The SMILES string of the molecule is C1=C(Nc2ccccn2)NC2(C1)CN1CCC2CC1. The summed E-state index contributed by atoms with van der Waals surface area (Å²) in [5.41, 5.74) is 0.285. The van der Waals surface area contributed by atoms with E-state index in [9.17, 15) is 0 Å². The van der Waals surface area contributed by atoms with Crippen molar-refractivity contribution in [1.29, 1.82) is 0 Å². The Kier molecular flexibility index (Phi) is 2.52. The molecule has 0 amide bonds. The number of aromatic nitrogens is 1. The van der Waals surface area contributed by atoms with Crippen LogP contribution in [0.15, 0.2) is 36.3 Å². The molecular formula is C15H20N4. The molecule has 0 radical (unpaired) electrons. The number of pyridine rings is 1. The van der Waals surface area contributed by atoms with Gasteiger partial charge < -0.3 is 15.5 Å². The van der Waals surface area contributed by atoms with Gasteiger partial charge in [0.15, 0.2) is 0 Å². The van der Waals surface area contributed by atoms with Crippen LogP contribution in [0.25, 0.3) is 0 Å². The number of nitrogens with one attached hydrogen (secondary N) is 2. The lowest BCUT2D eigenvalue weighted by molar-refractivity contribution is 0.0189. The Morgan fingerprint density at radius 3 is 2.89 bits per heavy atom. The smallest absolute Gasteiger partial charge is 0.131 e. The van der Waals surface area contributed by atoms with E-state index in [0.717, 1.165) is 24.0 Å². The Balaban J connectivity index is 1.48. The zero-order valence-corrected chi connectivity index (χ0v) is 11.1. The number of anilines is 1. The molecule has 1 aromatic rings. The van der Waals surface area contributed by atoms with Gasteiger partial charge in [-0.25, -0.2) is 4.98 Å². The summed E-state index contributed by atoms with van der Waals surface area (Å²) in [5.74, 6) is 2.88. The predicted octanol–water partition coefficient (Wildman–Crippen LogP) is 1.79. The van der Waals surface area contributed by atoms with E-state index in [4.69, 9.17) is 0 Å². The quantitative estimate of drug-likeness (QED) is 0.846. The molecule has 4 nitrogen and oxygen atoms in total. The molecule has 3 fully saturated rings. The van der Waals surface area contributed by atoms with Crippen LogP contribution in [0.5, 0.6) is 0 Å².